The van der Waals surface area contributed by atoms with Crippen molar-refractivity contribution < 1.29 is 24.0 Å². The van der Waals surface area contributed by atoms with E-state index >= 15 is 0 Å². The molecule has 34 heavy (non-hydrogen) atoms. The number of hydrogen-bond acceptors (Lipinski definition) is 0. The van der Waals surface area contributed by atoms with E-state index < -0.39 is 7.26 Å². The maximum Gasteiger partial charge on any atom is 0.119 e. The molecule has 0 nitrogen and oxygen atoms in total. The lowest BCUT2D eigenvalue weighted by atomic mass is 10.0. The highest BCUT2D eigenvalue weighted by Crippen LogP contribution is 2.67. The van der Waals surface area contributed by atoms with Gasteiger partial charge in [0.25, 0.3) is 0 Å². The van der Waals surface area contributed by atoms with Gasteiger partial charge in [-0.2, -0.15) is 0 Å². The minimum atomic E-state index is -2.05. The van der Waals surface area contributed by atoms with Gasteiger partial charge in [0.1, 0.15) is 28.8 Å². The fourth-order valence-electron chi connectivity index (χ4n) is 4.97. The summed E-state index contributed by atoms with van der Waals surface area (Å²) in [7, 11) is -2.05. The van der Waals surface area contributed by atoms with Crippen LogP contribution < -0.4 is 39.9 Å². The molecule has 2 heteroatoms. The second-order valence-electron chi connectivity index (χ2n) is 8.35. The Morgan fingerprint density at radius 2 is 0.735 bits per heavy atom. The third kappa shape index (κ3) is 4.87. The lowest BCUT2D eigenvalue weighted by Crippen LogP contribution is -3.00. The van der Waals surface area contributed by atoms with Crippen molar-refractivity contribution in [3.63, 3.8) is 0 Å². The normalized spacial score (nSPS) is 11.9. The summed E-state index contributed by atoms with van der Waals surface area (Å²) in [6.07, 6.45) is 0.983. The van der Waals surface area contributed by atoms with Gasteiger partial charge in [-0.3, -0.25) is 0 Å². The van der Waals surface area contributed by atoms with E-state index in [1.54, 1.807) is 0 Å². The van der Waals surface area contributed by atoms with Crippen LogP contribution in [0.1, 0.15) is 16.8 Å². The average Bonchev–Trinajstić information content (AvgIpc) is 2.91. The second kappa shape index (κ2) is 11.6. The molecule has 0 aliphatic carbocycles. The summed E-state index contributed by atoms with van der Waals surface area (Å²) in [4.78, 5) is 0. The van der Waals surface area contributed by atoms with Gasteiger partial charge in [-0.05, 0) is 47.5 Å². The summed E-state index contributed by atoms with van der Waals surface area (Å²) in [5, 5.41) is 4.27. The standard InChI is InChI=1S/C32H28P.HI/c1-6-16-27(17-7-1)26-32(28-18-8-2-9-19-28)33(29-20-10-3-11-21-29,30-22-12-4-13-23-30)31-24-14-5-15-25-31;/h1-25,32H,26H2;1H/q+1;/p-1. The van der Waals surface area contributed by atoms with Crippen molar-refractivity contribution in [2.24, 2.45) is 0 Å². The van der Waals surface area contributed by atoms with E-state index in [1.165, 1.54) is 27.0 Å². The highest BCUT2D eigenvalue weighted by atomic mass is 127. The van der Waals surface area contributed by atoms with Crippen LogP contribution in [-0.2, 0) is 6.42 Å². The molecule has 0 aromatic heterocycles. The lowest BCUT2D eigenvalue weighted by Gasteiger charge is -2.35. The molecule has 0 aliphatic heterocycles. The largest absolute Gasteiger partial charge is 1.00 e. The van der Waals surface area contributed by atoms with Crippen molar-refractivity contribution in [3.8, 4) is 0 Å². The zero-order chi connectivity index (χ0) is 22.3. The molecular weight excluding hydrogens is 542 g/mol. The number of rotatable bonds is 7. The van der Waals surface area contributed by atoms with Gasteiger partial charge in [0.2, 0.25) is 0 Å². The summed E-state index contributed by atoms with van der Waals surface area (Å²) < 4.78 is 0. The van der Waals surface area contributed by atoms with Crippen LogP contribution in [0.4, 0.5) is 0 Å². The van der Waals surface area contributed by atoms with E-state index in [4.69, 9.17) is 0 Å². The molecule has 0 spiro atoms. The van der Waals surface area contributed by atoms with Gasteiger partial charge in [0.15, 0.2) is 0 Å². The first-order valence-electron chi connectivity index (χ1n) is 11.5. The first-order valence-corrected chi connectivity index (χ1v) is 13.4. The van der Waals surface area contributed by atoms with E-state index in [-0.39, 0.29) is 24.0 Å². The van der Waals surface area contributed by atoms with Gasteiger partial charge in [-0.15, -0.1) is 0 Å². The summed E-state index contributed by atoms with van der Waals surface area (Å²) in [6.45, 7) is 0. The van der Waals surface area contributed by atoms with E-state index in [0.29, 0.717) is 5.66 Å². The van der Waals surface area contributed by atoms with Crippen molar-refractivity contribution in [2.45, 2.75) is 12.1 Å². The van der Waals surface area contributed by atoms with Crippen LogP contribution >= 0.6 is 7.26 Å². The van der Waals surface area contributed by atoms with Crippen LogP contribution in [-0.4, -0.2) is 0 Å². The quantitative estimate of drug-likeness (QED) is 0.205. The smallest absolute Gasteiger partial charge is 0.119 e. The van der Waals surface area contributed by atoms with Gasteiger partial charge in [0.05, 0.1) is 0 Å². The van der Waals surface area contributed by atoms with Gasteiger partial charge in [-0.1, -0.05) is 115 Å². The fourth-order valence-corrected chi connectivity index (χ4v) is 9.97. The van der Waals surface area contributed by atoms with Crippen LogP contribution in [0, 0.1) is 0 Å². The van der Waals surface area contributed by atoms with Crippen molar-refractivity contribution in [1.82, 2.24) is 0 Å². The molecule has 0 heterocycles. The van der Waals surface area contributed by atoms with Crippen molar-refractivity contribution in [2.75, 3.05) is 0 Å². The minimum absolute atomic E-state index is 0. The Balaban J connectivity index is 0.00000274. The van der Waals surface area contributed by atoms with E-state index in [9.17, 15) is 0 Å². The van der Waals surface area contributed by atoms with Crippen LogP contribution in [0.25, 0.3) is 0 Å². The Morgan fingerprint density at radius 1 is 0.412 bits per heavy atom. The molecule has 0 aliphatic rings. The minimum Gasteiger partial charge on any atom is -1.00 e. The molecule has 0 amide bonds. The monoisotopic (exact) mass is 570 g/mol. The Bertz CT molecular complexity index is 1160. The van der Waals surface area contributed by atoms with Crippen molar-refractivity contribution >= 4 is 23.2 Å². The Hall–Kier alpha value is -2.74. The predicted molar refractivity (Wildman–Crippen MR) is 144 cm³/mol. The van der Waals surface area contributed by atoms with Gasteiger partial charge < -0.3 is 24.0 Å². The summed E-state index contributed by atoms with van der Waals surface area (Å²) >= 11 is 0. The second-order valence-corrected chi connectivity index (χ2v) is 12.0. The molecule has 5 aromatic carbocycles. The predicted octanol–water partition coefficient (Wildman–Crippen LogP) is 3.97. The Kier molecular flexibility index (Phi) is 8.32. The molecule has 0 saturated heterocycles. The lowest BCUT2D eigenvalue weighted by molar-refractivity contribution is -0.00000633. The first kappa shape index (κ1) is 24.4. The summed E-state index contributed by atoms with van der Waals surface area (Å²) in [5.74, 6) is 0. The molecule has 1 atom stereocenters. The Morgan fingerprint density at radius 3 is 1.12 bits per heavy atom. The molecule has 1 unspecified atom stereocenters. The van der Waals surface area contributed by atoms with Gasteiger partial charge in [0, 0.05) is 6.42 Å². The van der Waals surface area contributed by atoms with Crippen LogP contribution in [0.3, 0.4) is 0 Å². The zero-order valence-electron chi connectivity index (χ0n) is 19.0. The van der Waals surface area contributed by atoms with E-state index in [0.717, 1.165) is 6.42 Å². The summed E-state index contributed by atoms with van der Waals surface area (Å²) in [5.41, 5.74) is 3.08. The molecule has 0 fully saturated rings. The summed E-state index contributed by atoms with van der Waals surface area (Å²) in [6, 6.07) is 55.7. The number of hydrogen-bond donors (Lipinski definition) is 0. The molecule has 5 aromatic rings. The number of benzene rings is 5. The fraction of sp³-hybridized carbons (Fsp3) is 0.0625. The van der Waals surface area contributed by atoms with E-state index in [1.807, 2.05) is 0 Å². The van der Waals surface area contributed by atoms with Gasteiger partial charge >= 0.3 is 0 Å². The number of halogens is 1. The molecular formula is C32H28IP. The molecule has 0 radical (unpaired) electrons. The highest BCUT2D eigenvalue weighted by molar-refractivity contribution is 7.96. The third-order valence-electron chi connectivity index (χ3n) is 6.41. The SMILES string of the molecule is [I-].c1ccc(CC(c2ccccc2)[P+](c2ccccc2)(c2ccccc2)c2ccccc2)cc1. The average molecular weight is 570 g/mol. The molecule has 168 valence electrons. The first-order chi connectivity index (χ1) is 16.4. The molecule has 0 saturated carbocycles. The maximum absolute atomic E-state index is 2.34. The molecule has 0 bridgehead atoms. The van der Waals surface area contributed by atoms with Crippen LogP contribution in [0.2, 0.25) is 0 Å². The van der Waals surface area contributed by atoms with Crippen molar-refractivity contribution in [3.05, 3.63) is 163 Å². The maximum atomic E-state index is 2.34. The highest BCUT2D eigenvalue weighted by Gasteiger charge is 2.52. The van der Waals surface area contributed by atoms with E-state index in [2.05, 4.69) is 152 Å². The van der Waals surface area contributed by atoms with Crippen molar-refractivity contribution in [1.29, 1.82) is 0 Å². The Labute approximate surface area is 221 Å². The van der Waals surface area contributed by atoms with Crippen LogP contribution in [0.15, 0.2) is 152 Å². The zero-order valence-corrected chi connectivity index (χ0v) is 22.1. The third-order valence-corrected chi connectivity index (χ3v) is 11.2. The van der Waals surface area contributed by atoms with Crippen LogP contribution in [0.5, 0.6) is 0 Å². The molecule has 5 rings (SSSR count). The molecule has 0 N–H and O–H groups in total. The topological polar surface area (TPSA) is 0 Å². The van der Waals surface area contributed by atoms with Gasteiger partial charge in [-0.25, -0.2) is 0 Å².